The van der Waals surface area contributed by atoms with Gasteiger partial charge in [-0.1, -0.05) is 24.3 Å². The zero-order valence-corrected chi connectivity index (χ0v) is 23.9. The summed E-state index contributed by atoms with van der Waals surface area (Å²) in [6.45, 7) is 1.91. The number of methoxy groups -OCH3 is 2. The van der Waals surface area contributed by atoms with E-state index in [1.54, 1.807) is 48.6 Å². The van der Waals surface area contributed by atoms with Crippen molar-refractivity contribution in [1.29, 1.82) is 0 Å². The number of carbonyl (C=O) groups is 2. The van der Waals surface area contributed by atoms with Crippen LogP contribution in [0.25, 0.3) is 12.2 Å². The number of halogens is 3. The first-order valence-electron chi connectivity index (χ1n) is 12.0. The molecule has 0 atom stereocenters. The molecular weight excluding hydrogens is 569 g/mol. The Morgan fingerprint density at radius 3 is 1.54 bits per heavy atom. The molecule has 0 aliphatic heterocycles. The lowest BCUT2D eigenvalue weighted by Gasteiger charge is -2.12. The van der Waals surface area contributed by atoms with Crippen LogP contribution in [0.3, 0.4) is 0 Å². The number of carbonyl (C=O) groups excluding carboxylic acids is 2. The van der Waals surface area contributed by atoms with E-state index in [2.05, 4.69) is 14.5 Å². The van der Waals surface area contributed by atoms with Gasteiger partial charge in [-0.3, -0.25) is 9.59 Å². The van der Waals surface area contributed by atoms with Crippen molar-refractivity contribution in [3.8, 4) is 23.0 Å². The van der Waals surface area contributed by atoms with E-state index < -0.39 is 5.92 Å². The van der Waals surface area contributed by atoms with E-state index in [9.17, 15) is 9.59 Å². The molecule has 0 saturated carbocycles. The molecule has 0 aromatic heterocycles. The maximum atomic E-state index is 13.0. The van der Waals surface area contributed by atoms with Gasteiger partial charge in [0.05, 0.1) is 20.1 Å². The Balaban J connectivity index is 2.13. The van der Waals surface area contributed by atoms with E-state index in [1.807, 2.05) is 0 Å². The minimum atomic E-state index is -0.913. The zero-order valence-electron chi connectivity index (χ0n) is 21.7. The lowest BCUT2D eigenvalue weighted by molar-refractivity contribution is -0.127. The van der Waals surface area contributed by atoms with Crippen LogP contribution in [0.1, 0.15) is 17.5 Å². The second kappa shape index (κ2) is 18.5. The van der Waals surface area contributed by atoms with E-state index in [0.29, 0.717) is 60.4 Å². The topological polar surface area (TPSA) is 107 Å². The van der Waals surface area contributed by atoms with E-state index >= 15 is 0 Å². The number of ketones is 2. The third-order valence-electron chi connectivity index (χ3n) is 5.38. The summed E-state index contributed by atoms with van der Waals surface area (Å²) in [5.41, 5.74) is 1.41. The Bertz CT molecular complexity index is 1050. The largest absolute Gasteiger partial charge is 0.493 e. The van der Waals surface area contributed by atoms with Gasteiger partial charge >= 0.3 is 0 Å². The number of benzene rings is 2. The quantitative estimate of drug-likeness (QED) is 0.0926. The molecule has 0 spiro atoms. The van der Waals surface area contributed by atoms with Gasteiger partial charge in [0.2, 0.25) is 0 Å². The molecule has 0 fully saturated rings. The van der Waals surface area contributed by atoms with Crippen molar-refractivity contribution in [2.45, 2.75) is 6.42 Å². The Morgan fingerprint density at radius 1 is 0.718 bits per heavy atom. The first-order chi connectivity index (χ1) is 19.0. The zero-order chi connectivity index (χ0) is 28.5. The van der Waals surface area contributed by atoms with Crippen molar-refractivity contribution in [3.05, 3.63) is 59.7 Å². The van der Waals surface area contributed by atoms with E-state index in [0.717, 1.165) is 0 Å². The van der Waals surface area contributed by atoms with E-state index in [4.69, 9.17) is 54.3 Å². The van der Waals surface area contributed by atoms with Crippen LogP contribution in [0.15, 0.2) is 48.6 Å². The molecule has 0 aliphatic carbocycles. The normalized spacial score (nSPS) is 11.3. The standard InChI is InChI=1S/C27H32Cl3N3O6/c1-36-26-17-19(5-9-24(26)38-15-13-32-29)3-7-22(34)21(11-12-31-28)23(35)8-4-20-6-10-25(27(18-20)37-2)39-16-14-33-30/h3-10,17-18,21,31-33H,11-16H2,1-2H3/b7-3+,8-4+. The highest BCUT2D eigenvalue weighted by Gasteiger charge is 2.22. The van der Waals surface area contributed by atoms with E-state index in [1.165, 1.54) is 26.4 Å². The summed E-state index contributed by atoms with van der Waals surface area (Å²) in [4.78, 5) is 33.4. The Hall–Kier alpha value is -2.79. The lowest BCUT2D eigenvalue weighted by Crippen LogP contribution is -2.24. The molecule has 2 aromatic rings. The number of ether oxygens (including phenoxy) is 4. The second-order valence-electron chi connectivity index (χ2n) is 7.98. The van der Waals surface area contributed by atoms with Crippen molar-refractivity contribution >= 4 is 59.0 Å². The summed E-state index contributed by atoms with van der Waals surface area (Å²) in [6, 6.07) is 10.5. The number of allylic oxidation sites excluding steroid dienone is 2. The molecule has 0 saturated heterocycles. The fourth-order valence-corrected chi connectivity index (χ4v) is 3.69. The van der Waals surface area contributed by atoms with Crippen LogP contribution < -0.4 is 33.5 Å². The summed E-state index contributed by atoms with van der Waals surface area (Å²) >= 11 is 16.5. The number of rotatable bonds is 19. The highest BCUT2D eigenvalue weighted by atomic mass is 35.5. The molecule has 0 radical (unpaired) electrons. The molecule has 9 nitrogen and oxygen atoms in total. The molecular formula is C27H32Cl3N3O6. The Labute approximate surface area is 243 Å². The van der Waals surface area contributed by atoms with Crippen LogP contribution in [0.4, 0.5) is 0 Å². The van der Waals surface area contributed by atoms with Gasteiger partial charge in [0.25, 0.3) is 0 Å². The first kappa shape index (κ1) is 32.4. The molecule has 39 heavy (non-hydrogen) atoms. The summed E-state index contributed by atoms with van der Waals surface area (Å²) in [5.74, 6) is 0.484. The van der Waals surface area contributed by atoms with Crippen molar-refractivity contribution in [2.75, 3.05) is 47.1 Å². The van der Waals surface area contributed by atoms with Gasteiger partial charge in [0.15, 0.2) is 34.6 Å². The minimum Gasteiger partial charge on any atom is -0.493 e. The maximum absolute atomic E-state index is 13.0. The van der Waals surface area contributed by atoms with Crippen molar-refractivity contribution < 1.29 is 28.5 Å². The third kappa shape index (κ3) is 11.1. The van der Waals surface area contributed by atoms with Gasteiger partial charge in [-0.25, -0.2) is 14.5 Å². The molecule has 0 unspecified atom stereocenters. The smallest absolute Gasteiger partial charge is 0.166 e. The second-order valence-corrected chi connectivity index (χ2v) is 8.78. The van der Waals surface area contributed by atoms with Crippen LogP contribution >= 0.6 is 35.3 Å². The van der Waals surface area contributed by atoms with Gasteiger partial charge in [-0.15, -0.1) is 0 Å². The van der Waals surface area contributed by atoms with Gasteiger partial charge < -0.3 is 18.9 Å². The van der Waals surface area contributed by atoms with Crippen LogP contribution in [0.5, 0.6) is 23.0 Å². The molecule has 0 heterocycles. The highest BCUT2D eigenvalue weighted by Crippen LogP contribution is 2.29. The first-order valence-corrected chi connectivity index (χ1v) is 13.2. The van der Waals surface area contributed by atoms with Crippen molar-refractivity contribution in [1.82, 2.24) is 14.5 Å². The van der Waals surface area contributed by atoms with Crippen LogP contribution in [0, 0.1) is 5.92 Å². The molecule has 0 amide bonds. The van der Waals surface area contributed by atoms with Gasteiger partial charge in [0.1, 0.15) is 13.2 Å². The number of hydrogen-bond acceptors (Lipinski definition) is 9. The Kier molecular flexibility index (Phi) is 15.4. The summed E-state index contributed by atoms with van der Waals surface area (Å²) in [6.07, 6.45) is 6.22. The molecule has 212 valence electrons. The molecule has 2 rings (SSSR count). The monoisotopic (exact) mass is 599 g/mol. The molecule has 12 heteroatoms. The molecule has 2 aromatic carbocycles. The molecule has 0 bridgehead atoms. The van der Waals surface area contributed by atoms with Crippen LogP contribution in [0.2, 0.25) is 0 Å². The predicted molar refractivity (Wildman–Crippen MR) is 155 cm³/mol. The van der Waals surface area contributed by atoms with E-state index in [-0.39, 0.29) is 24.5 Å². The maximum Gasteiger partial charge on any atom is 0.166 e. The fraction of sp³-hybridized carbons (Fsp3) is 0.333. The van der Waals surface area contributed by atoms with Crippen molar-refractivity contribution in [3.63, 3.8) is 0 Å². The molecule has 0 aliphatic rings. The van der Waals surface area contributed by atoms with Gasteiger partial charge in [-0.2, -0.15) is 0 Å². The number of hydrogen-bond donors (Lipinski definition) is 3. The molecule has 3 N–H and O–H groups in total. The van der Waals surface area contributed by atoms with Crippen LogP contribution in [-0.2, 0) is 9.59 Å². The number of nitrogens with one attached hydrogen (secondary N) is 3. The highest BCUT2D eigenvalue weighted by molar-refractivity contribution is 6.14. The van der Waals surface area contributed by atoms with Gasteiger partial charge in [-0.05, 0) is 89.3 Å². The summed E-state index contributed by atoms with van der Waals surface area (Å²) < 4.78 is 22.0. The fourth-order valence-electron chi connectivity index (χ4n) is 3.43. The SMILES string of the molecule is COc1cc(/C=C/C(=O)C(CCNCl)C(=O)/C=C/c2ccc(OCCNCl)c(OC)c2)ccc1OCCNCl. The Morgan fingerprint density at radius 2 is 1.15 bits per heavy atom. The lowest BCUT2D eigenvalue weighted by atomic mass is 9.93. The summed E-state index contributed by atoms with van der Waals surface area (Å²) in [5, 5.41) is 0. The third-order valence-corrected chi connectivity index (χ3v) is 5.95. The summed E-state index contributed by atoms with van der Waals surface area (Å²) in [7, 11) is 3.05. The van der Waals surface area contributed by atoms with Crippen molar-refractivity contribution in [2.24, 2.45) is 5.92 Å². The predicted octanol–water partition coefficient (Wildman–Crippen LogP) is 4.56. The van der Waals surface area contributed by atoms with Gasteiger partial charge in [0, 0.05) is 19.6 Å². The van der Waals surface area contributed by atoms with Crippen LogP contribution in [-0.4, -0.2) is 58.6 Å². The average Bonchev–Trinajstić information content (AvgIpc) is 2.96. The average molecular weight is 601 g/mol. The minimum absolute atomic E-state index is 0.227.